The minimum atomic E-state index is -4.22. The zero-order valence-corrected chi connectivity index (χ0v) is 11.9. The summed E-state index contributed by atoms with van der Waals surface area (Å²) in [6.45, 7) is 1.81. The first kappa shape index (κ1) is 15.1. The van der Waals surface area contributed by atoms with E-state index in [1.54, 1.807) is 0 Å². The number of sulfonamides is 1. The van der Waals surface area contributed by atoms with Crippen LogP contribution in [0.3, 0.4) is 0 Å². The third-order valence-electron chi connectivity index (χ3n) is 3.34. The van der Waals surface area contributed by atoms with Crippen molar-refractivity contribution in [1.82, 2.24) is 9.62 Å². The van der Waals surface area contributed by atoms with Crippen molar-refractivity contribution < 1.29 is 17.2 Å². The molecule has 1 aromatic carbocycles. The zero-order chi connectivity index (χ0) is 14.9. The van der Waals surface area contributed by atoms with Crippen LogP contribution in [0.2, 0.25) is 0 Å². The molecule has 0 spiro atoms. The first-order chi connectivity index (χ1) is 9.29. The molecule has 20 heavy (non-hydrogen) atoms. The van der Waals surface area contributed by atoms with Gasteiger partial charge in [-0.3, -0.25) is 0 Å². The Kier molecular flexibility index (Phi) is 4.26. The fraction of sp³-hybridized carbons (Fsp3) is 0.500. The van der Waals surface area contributed by atoms with E-state index in [-0.39, 0.29) is 18.2 Å². The smallest absolute Gasteiger partial charge is 0.246 e. The van der Waals surface area contributed by atoms with Crippen LogP contribution in [0.1, 0.15) is 6.42 Å². The molecule has 1 fully saturated rings. The van der Waals surface area contributed by atoms with Gasteiger partial charge in [0, 0.05) is 18.8 Å². The first-order valence-corrected chi connectivity index (χ1v) is 7.70. The summed E-state index contributed by atoms with van der Waals surface area (Å²) >= 11 is 0. The number of nitrogen functional groups attached to an aromatic ring is 1. The van der Waals surface area contributed by atoms with Gasteiger partial charge in [0.15, 0.2) is 4.90 Å². The van der Waals surface area contributed by atoms with Gasteiger partial charge >= 0.3 is 0 Å². The lowest BCUT2D eigenvalue weighted by Gasteiger charge is -2.13. The second-order valence-electron chi connectivity index (χ2n) is 5.08. The van der Waals surface area contributed by atoms with Gasteiger partial charge in [-0.15, -0.1) is 0 Å². The number of nitrogens with zero attached hydrogens (tertiary/aromatic N) is 1. The van der Waals surface area contributed by atoms with Crippen LogP contribution < -0.4 is 10.5 Å². The van der Waals surface area contributed by atoms with Crippen LogP contribution in [0.15, 0.2) is 17.0 Å². The number of hydrogen-bond donors (Lipinski definition) is 2. The van der Waals surface area contributed by atoms with Crippen LogP contribution in [0.25, 0.3) is 0 Å². The van der Waals surface area contributed by atoms with E-state index in [1.807, 2.05) is 7.05 Å². The van der Waals surface area contributed by atoms with Crippen LogP contribution in [0.4, 0.5) is 14.5 Å². The van der Waals surface area contributed by atoms with E-state index in [0.717, 1.165) is 31.6 Å². The van der Waals surface area contributed by atoms with E-state index in [0.29, 0.717) is 0 Å². The van der Waals surface area contributed by atoms with Gasteiger partial charge < -0.3 is 10.6 Å². The molecule has 0 saturated carbocycles. The standard InChI is InChI=1S/C12H17F2N3O2S/c1-17-3-2-8(7-17)6-16-20(18,19)12-10(13)4-9(15)5-11(12)14/h4-5,8,16H,2-3,6-7,15H2,1H3. The van der Waals surface area contributed by atoms with E-state index in [1.165, 1.54) is 0 Å². The maximum absolute atomic E-state index is 13.6. The molecule has 2 rings (SSSR count). The maximum Gasteiger partial charge on any atom is 0.246 e. The molecule has 112 valence electrons. The van der Waals surface area contributed by atoms with Crippen LogP contribution >= 0.6 is 0 Å². The molecular formula is C12H17F2N3O2S. The van der Waals surface area contributed by atoms with Crippen LogP contribution in [0, 0.1) is 17.6 Å². The van der Waals surface area contributed by atoms with E-state index >= 15 is 0 Å². The molecule has 3 N–H and O–H groups in total. The molecule has 8 heteroatoms. The van der Waals surface area contributed by atoms with Crippen molar-refractivity contribution in [1.29, 1.82) is 0 Å². The van der Waals surface area contributed by atoms with Gasteiger partial charge in [-0.05, 0) is 38.1 Å². The second-order valence-corrected chi connectivity index (χ2v) is 6.79. The molecule has 1 heterocycles. The van der Waals surface area contributed by atoms with Crippen molar-refractivity contribution in [3.63, 3.8) is 0 Å². The Labute approximate surface area is 116 Å². The number of anilines is 1. The molecule has 0 aliphatic carbocycles. The Morgan fingerprint density at radius 1 is 1.40 bits per heavy atom. The lowest BCUT2D eigenvalue weighted by Crippen LogP contribution is -2.31. The van der Waals surface area contributed by atoms with Gasteiger partial charge in [-0.1, -0.05) is 0 Å². The molecule has 5 nitrogen and oxygen atoms in total. The summed E-state index contributed by atoms with van der Waals surface area (Å²) in [6, 6.07) is 1.59. The van der Waals surface area contributed by atoms with Crippen molar-refractivity contribution in [3.8, 4) is 0 Å². The fourth-order valence-electron chi connectivity index (χ4n) is 2.33. The number of halogens is 2. The highest BCUT2D eigenvalue weighted by Gasteiger charge is 2.27. The predicted molar refractivity (Wildman–Crippen MR) is 71.6 cm³/mol. The van der Waals surface area contributed by atoms with Crippen LogP contribution in [-0.4, -0.2) is 40.0 Å². The van der Waals surface area contributed by atoms with Crippen molar-refractivity contribution in [2.24, 2.45) is 5.92 Å². The molecule has 1 aromatic rings. The second kappa shape index (κ2) is 5.63. The molecule has 0 bridgehead atoms. The summed E-state index contributed by atoms with van der Waals surface area (Å²) in [4.78, 5) is 1.10. The monoisotopic (exact) mass is 305 g/mol. The molecule has 0 radical (unpaired) electrons. The first-order valence-electron chi connectivity index (χ1n) is 6.22. The summed E-state index contributed by atoms with van der Waals surface area (Å²) < 4.78 is 53.5. The lowest BCUT2D eigenvalue weighted by molar-refractivity contribution is 0.394. The predicted octanol–water partition coefficient (Wildman–Crippen LogP) is 0.777. The lowest BCUT2D eigenvalue weighted by atomic mass is 10.1. The molecule has 1 unspecified atom stereocenters. The number of hydrogen-bond acceptors (Lipinski definition) is 4. The Balaban J connectivity index is 2.15. The van der Waals surface area contributed by atoms with Gasteiger partial charge in [-0.2, -0.15) is 0 Å². The zero-order valence-electron chi connectivity index (χ0n) is 11.1. The van der Waals surface area contributed by atoms with Crippen molar-refractivity contribution in [2.45, 2.75) is 11.3 Å². The topological polar surface area (TPSA) is 75.4 Å². The molecule has 0 aromatic heterocycles. The van der Waals surface area contributed by atoms with Gasteiger partial charge in [0.2, 0.25) is 10.0 Å². The Morgan fingerprint density at radius 3 is 2.50 bits per heavy atom. The van der Waals surface area contributed by atoms with Crippen molar-refractivity contribution in [3.05, 3.63) is 23.8 Å². The van der Waals surface area contributed by atoms with E-state index in [4.69, 9.17) is 5.73 Å². The van der Waals surface area contributed by atoms with Crippen LogP contribution in [-0.2, 0) is 10.0 Å². The Bertz CT molecular complexity index is 584. The average Bonchev–Trinajstić information content (AvgIpc) is 2.71. The number of rotatable bonds is 4. The normalized spacial score (nSPS) is 20.4. The van der Waals surface area contributed by atoms with Gasteiger partial charge in [0.25, 0.3) is 0 Å². The van der Waals surface area contributed by atoms with Crippen LogP contribution in [0.5, 0.6) is 0 Å². The maximum atomic E-state index is 13.6. The number of nitrogens with two attached hydrogens (primary N) is 1. The van der Waals surface area contributed by atoms with Gasteiger partial charge in [0.05, 0.1) is 0 Å². The molecule has 1 aliphatic heterocycles. The highest BCUT2D eigenvalue weighted by Crippen LogP contribution is 2.22. The average molecular weight is 305 g/mol. The molecule has 0 amide bonds. The molecule has 1 atom stereocenters. The third kappa shape index (κ3) is 3.25. The minimum absolute atomic E-state index is 0.148. The minimum Gasteiger partial charge on any atom is -0.399 e. The number of likely N-dealkylation sites (tertiary alicyclic amines) is 1. The number of benzene rings is 1. The third-order valence-corrected chi connectivity index (χ3v) is 4.81. The number of nitrogens with one attached hydrogen (secondary N) is 1. The molecule has 1 aliphatic rings. The molecule has 1 saturated heterocycles. The van der Waals surface area contributed by atoms with Gasteiger partial charge in [0.1, 0.15) is 11.6 Å². The van der Waals surface area contributed by atoms with E-state index in [9.17, 15) is 17.2 Å². The highest BCUT2D eigenvalue weighted by molar-refractivity contribution is 7.89. The summed E-state index contributed by atoms with van der Waals surface area (Å²) in [5, 5.41) is 0. The van der Waals surface area contributed by atoms with Crippen molar-refractivity contribution >= 4 is 15.7 Å². The highest BCUT2D eigenvalue weighted by atomic mass is 32.2. The quantitative estimate of drug-likeness (QED) is 0.806. The van der Waals surface area contributed by atoms with E-state index in [2.05, 4.69) is 9.62 Å². The largest absolute Gasteiger partial charge is 0.399 e. The van der Waals surface area contributed by atoms with Gasteiger partial charge in [-0.25, -0.2) is 21.9 Å². The summed E-state index contributed by atoms with van der Waals surface area (Å²) in [5.74, 6) is -2.22. The Morgan fingerprint density at radius 2 is 2.00 bits per heavy atom. The summed E-state index contributed by atoms with van der Waals surface area (Å²) in [7, 11) is -2.28. The Hall–Kier alpha value is -1.25. The van der Waals surface area contributed by atoms with Crippen molar-refractivity contribution in [2.75, 3.05) is 32.4 Å². The van der Waals surface area contributed by atoms with E-state index < -0.39 is 26.6 Å². The fourth-order valence-corrected chi connectivity index (χ4v) is 3.56. The summed E-state index contributed by atoms with van der Waals surface area (Å²) in [5.41, 5.74) is 5.10. The summed E-state index contributed by atoms with van der Waals surface area (Å²) in [6.07, 6.45) is 0.853. The molecular weight excluding hydrogens is 288 g/mol. The SMILES string of the molecule is CN1CCC(CNS(=O)(=O)c2c(F)cc(N)cc2F)C1.